The van der Waals surface area contributed by atoms with Crippen LogP contribution in [0.1, 0.15) is 47.1 Å². The minimum absolute atomic E-state index is 0.137. The molecule has 21 heavy (non-hydrogen) atoms. The van der Waals surface area contributed by atoms with Crippen molar-refractivity contribution in [3.05, 3.63) is 40.8 Å². The van der Waals surface area contributed by atoms with Crippen LogP contribution in [-0.4, -0.2) is 15.4 Å². The molecule has 0 aliphatic carbocycles. The molecule has 3 heteroatoms. The van der Waals surface area contributed by atoms with Gasteiger partial charge in [0.1, 0.15) is 0 Å². The second-order valence-corrected chi connectivity index (χ2v) is 9.24. The Kier molecular flexibility index (Phi) is 5.57. The van der Waals surface area contributed by atoms with E-state index < -0.39 is 16.9 Å². The van der Waals surface area contributed by atoms with Crippen LogP contribution in [0.25, 0.3) is 0 Å². The highest BCUT2D eigenvalue weighted by atomic mass is 32.2. The van der Waals surface area contributed by atoms with Gasteiger partial charge in [0.25, 0.3) is 0 Å². The molecule has 0 unspecified atom stereocenters. The van der Waals surface area contributed by atoms with Crippen LogP contribution in [0.3, 0.4) is 0 Å². The van der Waals surface area contributed by atoms with Crippen molar-refractivity contribution in [1.82, 2.24) is 0 Å². The minimum atomic E-state index is -1.34. The van der Waals surface area contributed by atoms with Crippen molar-refractivity contribution in [1.29, 1.82) is 0 Å². The Morgan fingerprint density at radius 2 is 1.57 bits per heavy atom. The predicted molar refractivity (Wildman–Crippen MR) is 90.6 cm³/mol. The van der Waals surface area contributed by atoms with E-state index in [2.05, 4.69) is 20.8 Å². The lowest BCUT2D eigenvalue weighted by Gasteiger charge is -2.29. The molecular formula is C18H28O2S. The van der Waals surface area contributed by atoms with E-state index in [0.717, 1.165) is 10.5 Å². The first-order valence-corrected chi connectivity index (χ1v) is 8.46. The second kappa shape index (κ2) is 6.45. The highest BCUT2D eigenvalue weighted by molar-refractivity contribution is 7.89. The van der Waals surface area contributed by atoms with Gasteiger partial charge in [-0.1, -0.05) is 65.3 Å². The maximum absolute atomic E-state index is 12.9. The van der Waals surface area contributed by atoms with Crippen LogP contribution < -0.4 is 0 Å². The van der Waals surface area contributed by atoms with Gasteiger partial charge in [0.05, 0.1) is 16.9 Å². The van der Waals surface area contributed by atoms with Gasteiger partial charge in [-0.05, 0) is 29.9 Å². The molecule has 0 aromatic heterocycles. The van der Waals surface area contributed by atoms with Gasteiger partial charge in [0.2, 0.25) is 0 Å². The molecule has 1 N–H and O–H groups in total. The predicted octanol–water partition coefficient (Wildman–Crippen LogP) is 4.44. The monoisotopic (exact) mass is 308 g/mol. The summed E-state index contributed by atoms with van der Waals surface area (Å²) in [6.45, 7) is 14.0. The third-order valence-corrected chi connectivity index (χ3v) is 4.58. The molecule has 0 bridgehead atoms. The Morgan fingerprint density at radius 1 is 1.10 bits per heavy atom. The highest BCUT2D eigenvalue weighted by Crippen LogP contribution is 2.32. The zero-order valence-electron chi connectivity index (χ0n) is 14.2. The molecule has 0 amide bonds. The van der Waals surface area contributed by atoms with Gasteiger partial charge >= 0.3 is 0 Å². The van der Waals surface area contributed by atoms with Crippen molar-refractivity contribution in [2.24, 2.45) is 10.8 Å². The first kappa shape index (κ1) is 18.1. The molecule has 0 saturated carbocycles. The standard InChI is InChI=1S/C18H28O2S/c1-13-8-10-14(11-9-13)21(20)15(12-17(2,3)4)16(19)18(5,6)7/h8-12,16,19H,1-7H3/b15-12+/t16-,21+/m1/s1. The first-order valence-electron chi connectivity index (χ1n) is 7.31. The number of aliphatic hydroxyl groups is 1. The van der Waals surface area contributed by atoms with Crippen LogP contribution >= 0.6 is 0 Å². The number of benzene rings is 1. The van der Waals surface area contributed by atoms with Crippen LogP contribution in [0, 0.1) is 17.8 Å². The number of rotatable bonds is 3. The van der Waals surface area contributed by atoms with Gasteiger partial charge in [-0.2, -0.15) is 0 Å². The summed E-state index contributed by atoms with van der Waals surface area (Å²) in [6, 6.07) is 7.64. The Morgan fingerprint density at radius 3 is 1.95 bits per heavy atom. The number of hydrogen-bond donors (Lipinski definition) is 1. The second-order valence-electron chi connectivity index (χ2n) is 7.76. The molecule has 0 aliphatic rings. The summed E-state index contributed by atoms with van der Waals surface area (Å²) in [4.78, 5) is 1.33. The molecule has 1 aromatic rings. The molecule has 2 atom stereocenters. The topological polar surface area (TPSA) is 37.3 Å². The molecular weight excluding hydrogens is 280 g/mol. The molecule has 0 aliphatic heterocycles. The van der Waals surface area contributed by atoms with E-state index in [1.54, 1.807) is 0 Å². The van der Waals surface area contributed by atoms with E-state index in [4.69, 9.17) is 0 Å². The average molecular weight is 308 g/mol. The lowest BCUT2D eigenvalue weighted by Crippen LogP contribution is -2.30. The Hall–Kier alpha value is -0.930. The molecule has 0 radical (unpaired) electrons. The summed E-state index contributed by atoms with van der Waals surface area (Å²) in [7, 11) is -1.34. The third kappa shape index (κ3) is 5.40. The molecule has 0 saturated heterocycles. The van der Waals surface area contributed by atoms with E-state index >= 15 is 0 Å². The van der Waals surface area contributed by atoms with Crippen LogP contribution in [-0.2, 0) is 10.8 Å². The number of allylic oxidation sites excluding steroid dienone is 1. The number of aliphatic hydroxyl groups excluding tert-OH is 1. The van der Waals surface area contributed by atoms with Crippen LogP contribution in [0.2, 0.25) is 0 Å². The van der Waals surface area contributed by atoms with Gasteiger partial charge < -0.3 is 5.11 Å². The van der Waals surface area contributed by atoms with Gasteiger partial charge in [-0.3, -0.25) is 0 Å². The molecule has 118 valence electrons. The maximum atomic E-state index is 12.9. The van der Waals surface area contributed by atoms with Crippen molar-refractivity contribution < 1.29 is 9.32 Å². The van der Waals surface area contributed by atoms with E-state index in [-0.39, 0.29) is 10.8 Å². The van der Waals surface area contributed by atoms with Crippen molar-refractivity contribution >= 4 is 10.8 Å². The summed E-state index contributed by atoms with van der Waals surface area (Å²) < 4.78 is 12.9. The van der Waals surface area contributed by atoms with E-state index in [9.17, 15) is 9.32 Å². The smallest absolute Gasteiger partial charge is 0.0922 e. The lowest BCUT2D eigenvalue weighted by atomic mass is 9.86. The van der Waals surface area contributed by atoms with Crippen LogP contribution in [0.15, 0.2) is 40.1 Å². The molecule has 1 rings (SSSR count). The van der Waals surface area contributed by atoms with E-state index in [1.165, 1.54) is 0 Å². The maximum Gasteiger partial charge on any atom is 0.0922 e. The largest absolute Gasteiger partial charge is 0.387 e. The highest BCUT2D eigenvalue weighted by Gasteiger charge is 2.31. The summed E-state index contributed by atoms with van der Waals surface area (Å²) in [5.41, 5.74) is 0.646. The minimum Gasteiger partial charge on any atom is -0.387 e. The van der Waals surface area contributed by atoms with E-state index in [0.29, 0.717) is 4.91 Å². The Bertz CT molecular complexity index is 528. The zero-order valence-corrected chi connectivity index (χ0v) is 15.0. The van der Waals surface area contributed by atoms with Gasteiger partial charge in [-0.25, -0.2) is 4.21 Å². The van der Waals surface area contributed by atoms with Gasteiger partial charge in [0, 0.05) is 9.80 Å². The Labute approximate surface area is 131 Å². The number of hydrogen-bond acceptors (Lipinski definition) is 2. The van der Waals surface area contributed by atoms with Crippen molar-refractivity contribution in [2.75, 3.05) is 0 Å². The molecule has 0 fully saturated rings. The summed E-state index contributed by atoms with van der Waals surface area (Å²) in [5, 5.41) is 10.6. The zero-order chi connectivity index (χ0) is 16.4. The molecule has 1 aromatic carbocycles. The quantitative estimate of drug-likeness (QED) is 0.896. The first-order chi connectivity index (χ1) is 9.42. The fourth-order valence-corrected chi connectivity index (χ4v) is 3.56. The van der Waals surface area contributed by atoms with Crippen molar-refractivity contribution in [3.63, 3.8) is 0 Å². The lowest BCUT2D eigenvalue weighted by molar-refractivity contribution is 0.101. The third-order valence-electron chi connectivity index (χ3n) is 3.11. The summed E-state index contributed by atoms with van der Waals surface area (Å²) in [5.74, 6) is 0. The summed E-state index contributed by atoms with van der Waals surface area (Å²) in [6.07, 6.45) is 1.21. The molecule has 2 nitrogen and oxygen atoms in total. The Balaban J connectivity index is 3.28. The average Bonchev–Trinajstić information content (AvgIpc) is 2.33. The fraction of sp³-hybridized carbons (Fsp3) is 0.556. The van der Waals surface area contributed by atoms with Crippen molar-refractivity contribution in [3.8, 4) is 0 Å². The SMILES string of the molecule is Cc1ccc([S@](=O)/C(=C/C(C)(C)C)[C@@H](O)C(C)(C)C)cc1. The molecule has 0 heterocycles. The summed E-state index contributed by atoms with van der Waals surface area (Å²) >= 11 is 0. The van der Waals surface area contributed by atoms with Gasteiger partial charge in [-0.15, -0.1) is 0 Å². The van der Waals surface area contributed by atoms with Gasteiger partial charge in [0.15, 0.2) is 0 Å². The number of aryl methyl sites for hydroxylation is 1. The van der Waals surface area contributed by atoms with Crippen LogP contribution in [0.4, 0.5) is 0 Å². The van der Waals surface area contributed by atoms with E-state index in [1.807, 2.05) is 58.0 Å². The normalized spacial score (nSPS) is 16.7. The molecule has 0 spiro atoms. The van der Waals surface area contributed by atoms with Crippen LogP contribution in [0.5, 0.6) is 0 Å². The van der Waals surface area contributed by atoms with Crippen molar-refractivity contribution in [2.45, 2.75) is 59.5 Å². The fourth-order valence-electron chi connectivity index (χ4n) is 1.89.